The molecule has 1 aromatic carbocycles. The van der Waals surface area contributed by atoms with Crippen LogP contribution in [0.4, 0.5) is 10.1 Å². The Kier molecular flexibility index (Phi) is 5.20. The predicted octanol–water partition coefficient (Wildman–Crippen LogP) is 1.83. The van der Waals surface area contributed by atoms with Crippen molar-refractivity contribution in [2.24, 2.45) is 0 Å². The summed E-state index contributed by atoms with van der Waals surface area (Å²) < 4.78 is 20.5. The molecule has 1 saturated heterocycles. The van der Waals surface area contributed by atoms with E-state index in [2.05, 4.69) is 10.2 Å². The second-order valence-electron chi connectivity index (χ2n) is 6.26. The summed E-state index contributed by atoms with van der Waals surface area (Å²) in [5.41, 5.74) is 0.575. The number of carbonyl (C=O) groups is 1. The van der Waals surface area contributed by atoms with Crippen molar-refractivity contribution in [3.8, 4) is 11.6 Å². The van der Waals surface area contributed by atoms with Crippen molar-refractivity contribution in [1.82, 2.24) is 19.8 Å². The molecule has 0 saturated carbocycles. The van der Waals surface area contributed by atoms with Gasteiger partial charge in [-0.15, -0.1) is 10.2 Å². The molecule has 2 aromatic heterocycles. The average Bonchev–Trinajstić information content (AvgIpc) is 3.36. The molecule has 0 aliphatic carbocycles. The van der Waals surface area contributed by atoms with E-state index in [0.717, 1.165) is 0 Å². The molecule has 3 aromatic rings. The van der Waals surface area contributed by atoms with Gasteiger partial charge in [0.05, 0.1) is 17.7 Å². The van der Waals surface area contributed by atoms with Crippen molar-refractivity contribution >= 4 is 23.4 Å². The van der Waals surface area contributed by atoms with E-state index in [9.17, 15) is 9.18 Å². The van der Waals surface area contributed by atoms with Crippen LogP contribution in [-0.2, 0) is 4.79 Å². The molecule has 1 aliphatic rings. The maximum atomic E-state index is 13.9. The lowest BCUT2D eigenvalue weighted by atomic mass is 10.2. The topological polar surface area (TPSA) is 93.4 Å². The van der Waals surface area contributed by atoms with Crippen LogP contribution in [0.5, 0.6) is 0 Å². The number of hydrogen-bond donors (Lipinski definition) is 1. The Balaban J connectivity index is 1.31. The molecule has 0 spiro atoms. The normalized spacial score (nSPS) is 14.5. The zero-order valence-electron chi connectivity index (χ0n) is 15.0. The molecule has 1 fully saturated rings. The Morgan fingerprint density at radius 3 is 2.64 bits per heavy atom. The van der Waals surface area contributed by atoms with Crippen molar-refractivity contribution in [2.75, 3.05) is 42.7 Å². The number of hydrogen-bond acceptors (Lipinski definition) is 7. The van der Waals surface area contributed by atoms with E-state index in [1.807, 2.05) is 11.0 Å². The summed E-state index contributed by atoms with van der Waals surface area (Å²) in [7, 11) is 0. The number of aromatic nitrogens is 3. The number of nitrogen functional groups attached to an aromatic ring is 1. The fraction of sp³-hybridized carbons (Fsp3) is 0.278. The monoisotopic (exact) mass is 402 g/mol. The maximum Gasteiger partial charge on any atom is 0.233 e. The van der Waals surface area contributed by atoms with Gasteiger partial charge in [0.2, 0.25) is 16.9 Å². The van der Waals surface area contributed by atoms with Gasteiger partial charge < -0.3 is 20.1 Å². The summed E-state index contributed by atoms with van der Waals surface area (Å²) in [5, 5.41) is 8.46. The summed E-state index contributed by atoms with van der Waals surface area (Å²) in [6.45, 7) is 2.27. The van der Waals surface area contributed by atoms with E-state index in [0.29, 0.717) is 48.6 Å². The van der Waals surface area contributed by atoms with Crippen molar-refractivity contribution in [3.05, 3.63) is 48.5 Å². The first-order valence-electron chi connectivity index (χ1n) is 8.78. The van der Waals surface area contributed by atoms with Gasteiger partial charge in [0.25, 0.3) is 0 Å². The average molecular weight is 402 g/mol. The van der Waals surface area contributed by atoms with E-state index < -0.39 is 0 Å². The maximum absolute atomic E-state index is 13.9. The molecule has 146 valence electrons. The van der Waals surface area contributed by atoms with Gasteiger partial charge in [0.15, 0.2) is 5.76 Å². The van der Waals surface area contributed by atoms with Gasteiger partial charge >= 0.3 is 0 Å². The highest BCUT2D eigenvalue weighted by atomic mass is 32.2. The summed E-state index contributed by atoms with van der Waals surface area (Å²) in [4.78, 5) is 16.3. The smallest absolute Gasteiger partial charge is 0.233 e. The Morgan fingerprint density at radius 1 is 1.14 bits per heavy atom. The number of halogens is 1. The van der Waals surface area contributed by atoms with Crippen LogP contribution in [0.3, 0.4) is 0 Å². The van der Waals surface area contributed by atoms with Crippen molar-refractivity contribution in [1.29, 1.82) is 0 Å². The number of para-hydroxylation sites is 1. The van der Waals surface area contributed by atoms with Gasteiger partial charge in [0.1, 0.15) is 5.82 Å². The first-order chi connectivity index (χ1) is 13.6. The third-order valence-electron chi connectivity index (χ3n) is 4.56. The molecule has 3 heterocycles. The molecular formula is C18H19FN6O2S. The molecular weight excluding hydrogens is 383 g/mol. The second kappa shape index (κ2) is 7.93. The van der Waals surface area contributed by atoms with Crippen LogP contribution in [0.15, 0.2) is 52.2 Å². The van der Waals surface area contributed by atoms with E-state index in [1.165, 1.54) is 28.8 Å². The summed E-state index contributed by atoms with van der Waals surface area (Å²) in [6, 6.07) is 10.2. The fourth-order valence-electron chi connectivity index (χ4n) is 3.07. The highest BCUT2D eigenvalue weighted by Gasteiger charge is 2.23. The fourth-order valence-corrected chi connectivity index (χ4v) is 3.83. The molecule has 28 heavy (non-hydrogen) atoms. The molecule has 4 rings (SSSR count). The summed E-state index contributed by atoms with van der Waals surface area (Å²) in [5.74, 6) is 6.86. The molecule has 1 amide bonds. The number of nitrogens with two attached hydrogens (primary N) is 1. The lowest BCUT2D eigenvalue weighted by Crippen LogP contribution is -2.49. The number of piperazine rings is 1. The highest BCUT2D eigenvalue weighted by molar-refractivity contribution is 7.99. The second-order valence-corrected chi connectivity index (χ2v) is 7.20. The number of nitrogens with zero attached hydrogens (tertiary/aromatic N) is 5. The Bertz CT molecular complexity index is 953. The molecule has 8 nitrogen and oxygen atoms in total. The molecule has 1 aliphatic heterocycles. The van der Waals surface area contributed by atoms with Crippen LogP contribution in [-0.4, -0.2) is 57.6 Å². The standard InChI is InChI=1S/C18H19FN6O2S/c19-13-4-1-2-5-14(13)23-7-9-24(10-8-23)16(26)12-28-18-22-21-17(25(18)20)15-6-3-11-27-15/h1-6,11H,7-10,12,20H2. The minimum absolute atomic E-state index is 0.0132. The summed E-state index contributed by atoms with van der Waals surface area (Å²) in [6.07, 6.45) is 1.53. The largest absolute Gasteiger partial charge is 0.461 e. The highest BCUT2D eigenvalue weighted by Crippen LogP contribution is 2.23. The van der Waals surface area contributed by atoms with Gasteiger partial charge in [0, 0.05) is 26.2 Å². The van der Waals surface area contributed by atoms with Crippen LogP contribution in [0.25, 0.3) is 11.6 Å². The quantitative estimate of drug-likeness (QED) is 0.514. The van der Waals surface area contributed by atoms with E-state index in [1.54, 1.807) is 29.2 Å². The van der Waals surface area contributed by atoms with E-state index >= 15 is 0 Å². The van der Waals surface area contributed by atoms with Crippen LogP contribution in [0.2, 0.25) is 0 Å². The molecule has 0 radical (unpaired) electrons. The Morgan fingerprint density at radius 2 is 1.93 bits per heavy atom. The predicted molar refractivity (Wildman–Crippen MR) is 104 cm³/mol. The molecule has 0 bridgehead atoms. The first-order valence-corrected chi connectivity index (χ1v) is 9.76. The lowest BCUT2D eigenvalue weighted by molar-refractivity contribution is -0.128. The van der Waals surface area contributed by atoms with E-state index in [-0.39, 0.29) is 17.5 Å². The minimum Gasteiger partial charge on any atom is -0.461 e. The van der Waals surface area contributed by atoms with E-state index in [4.69, 9.17) is 10.3 Å². The first kappa shape index (κ1) is 18.4. The van der Waals surface area contributed by atoms with Crippen molar-refractivity contribution in [2.45, 2.75) is 5.16 Å². The number of anilines is 1. The van der Waals surface area contributed by atoms with Gasteiger partial charge in [-0.05, 0) is 24.3 Å². The zero-order valence-corrected chi connectivity index (χ0v) is 15.8. The number of thioether (sulfide) groups is 1. The Labute approximate surface area is 165 Å². The third kappa shape index (κ3) is 3.68. The zero-order chi connectivity index (χ0) is 19.5. The van der Waals surface area contributed by atoms with Gasteiger partial charge in [-0.2, -0.15) is 0 Å². The van der Waals surface area contributed by atoms with Crippen LogP contribution < -0.4 is 10.7 Å². The molecule has 2 N–H and O–H groups in total. The van der Waals surface area contributed by atoms with Gasteiger partial charge in [-0.25, -0.2) is 9.07 Å². The number of amides is 1. The van der Waals surface area contributed by atoms with Crippen LogP contribution in [0.1, 0.15) is 0 Å². The minimum atomic E-state index is -0.243. The molecule has 0 atom stereocenters. The van der Waals surface area contributed by atoms with Crippen molar-refractivity contribution < 1.29 is 13.6 Å². The van der Waals surface area contributed by atoms with Gasteiger partial charge in [-0.3, -0.25) is 4.79 Å². The van der Waals surface area contributed by atoms with Crippen molar-refractivity contribution in [3.63, 3.8) is 0 Å². The number of benzene rings is 1. The number of rotatable bonds is 5. The Hall–Kier alpha value is -3.01. The SMILES string of the molecule is Nn1c(SCC(=O)N2CCN(c3ccccc3F)CC2)nnc1-c1ccco1. The third-order valence-corrected chi connectivity index (χ3v) is 5.48. The molecule has 0 unspecified atom stereocenters. The lowest BCUT2D eigenvalue weighted by Gasteiger charge is -2.36. The summed E-state index contributed by atoms with van der Waals surface area (Å²) >= 11 is 1.22. The van der Waals surface area contributed by atoms with Crippen LogP contribution >= 0.6 is 11.8 Å². The number of furan rings is 1. The van der Waals surface area contributed by atoms with Crippen LogP contribution in [0, 0.1) is 5.82 Å². The van der Waals surface area contributed by atoms with Gasteiger partial charge in [-0.1, -0.05) is 23.9 Å². The molecule has 10 heteroatoms. The number of carbonyl (C=O) groups excluding carboxylic acids is 1.